The number of piperidine rings is 1. The summed E-state index contributed by atoms with van der Waals surface area (Å²) < 4.78 is 24.7. The zero-order chi connectivity index (χ0) is 26.7. The second-order valence-electron chi connectivity index (χ2n) is 12.0. The smallest absolute Gasteiger partial charge is 0.251 e. The van der Waals surface area contributed by atoms with Gasteiger partial charge in [-0.2, -0.15) is 0 Å². The summed E-state index contributed by atoms with van der Waals surface area (Å²) in [6.45, 7) is 9.29. The van der Waals surface area contributed by atoms with Crippen LogP contribution in [0.5, 0.6) is 5.75 Å². The minimum atomic E-state index is -0.289. The quantitative estimate of drug-likeness (QED) is 0.375. The Hall–Kier alpha value is -2.93. The lowest BCUT2D eigenvalue weighted by molar-refractivity contribution is 0.0919. The number of hydrogen-bond donors (Lipinski definition) is 1. The van der Waals surface area contributed by atoms with Crippen LogP contribution in [0.3, 0.4) is 0 Å². The minimum absolute atomic E-state index is 0.00338. The maximum atomic E-state index is 13.5. The van der Waals surface area contributed by atoms with Crippen LogP contribution in [0.4, 0.5) is 4.39 Å². The molecule has 3 aromatic rings. The Bertz CT molecular complexity index is 1220. The third-order valence-electron chi connectivity index (χ3n) is 8.01. The molecule has 2 aliphatic rings. The first kappa shape index (κ1) is 26.7. The highest BCUT2D eigenvalue weighted by molar-refractivity contribution is 5.94. The van der Waals surface area contributed by atoms with Crippen LogP contribution in [0.25, 0.3) is 11.0 Å². The van der Waals surface area contributed by atoms with Gasteiger partial charge in [0.05, 0.1) is 5.69 Å². The molecular weight excluding hydrogens is 481 g/mol. The lowest BCUT2D eigenvalue weighted by Gasteiger charge is -2.34. The molecule has 1 aliphatic carbocycles. The van der Waals surface area contributed by atoms with E-state index >= 15 is 0 Å². The van der Waals surface area contributed by atoms with E-state index in [1.807, 2.05) is 45.0 Å². The number of ether oxygens (including phenoxy) is 1. The number of aromatic nitrogens is 1. The number of fused-ring (bicyclic) bond motifs is 1. The Morgan fingerprint density at radius 2 is 1.76 bits per heavy atom. The SMILES string of the molecule is CC(C)(C)Oc1ccc(C(=O)NC2CCC(CCN3CCC(c4noc5cc(F)ccc45)CC3)CC2)cc1. The van der Waals surface area contributed by atoms with Crippen LogP contribution in [0.2, 0.25) is 0 Å². The molecule has 1 aromatic heterocycles. The lowest BCUT2D eigenvalue weighted by Crippen LogP contribution is -2.38. The topological polar surface area (TPSA) is 67.6 Å². The fourth-order valence-electron chi connectivity index (χ4n) is 5.91. The number of carbonyl (C=O) groups excluding carboxylic acids is 1. The number of rotatable bonds is 7. The van der Waals surface area contributed by atoms with E-state index < -0.39 is 0 Å². The van der Waals surface area contributed by atoms with Crippen molar-refractivity contribution in [3.8, 4) is 5.75 Å². The predicted octanol–water partition coefficient (Wildman–Crippen LogP) is 6.70. The summed E-state index contributed by atoms with van der Waals surface area (Å²) in [4.78, 5) is 15.3. The van der Waals surface area contributed by atoms with Crippen molar-refractivity contribution in [3.05, 3.63) is 59.5 Å². The Morgan fingerprint density at radius 1 is 1.05 bits per heavy atom. The maximum Gasteiger partial charge on any atom is 0.251 e. The van der Waals surface area contributed by atoms with Crippen LogP contribution < -0.4 is 10.1 Å². The molecule has 1 aliphatic heterocycles. The van der Waals surface area contributed by atoms with Crippen LogP contribution in [-0.4, -0.2) is 47.2 Å². The van der Waals surface area contributed by atoms with Crippen LogP contribution in [-0.2, 0) is 0 Å². The zero-order valence-corrected chi connectivity index (χ0v) is 22.8. The number of hydrogen-bond acceptors (Lipinski definition) is 5. The summed E-state index contributed by atoms with van der Waals surface area (Å²) in [5.74, 6) is 1.59. The van der Waals surface area contributed by atoms with Gasteiger partial charge < -0.3 is 19.5 Å². The molecule has 6 nitrogen and oxygen atoms in total. The van der Waals surface area contributed by atoms with Crippen molar-refractivity contribution in [1.29, 1.82) is 0 Å². The molecule has 0 spiro atoms. The van der Waals surface area contributed by atoms with Gasteiger partial charge in [0.1, 0.15) is 17.2 Å². The predicted molar refractivity (Wildman–Crippen MR) is 147 cm³/mol. The van der Waals surface area contributed by atoms with E-state index in [-0.39, 0.29) is 23.4 Å². The highest BCUT2D eigenvalue weighted by atomic mass is 19.1. The van der Waals surface area contributed by atoms with Gasteiger partial charge in [0.2, 0.25) is 0 Å². The van der Waals surface area contributed by atoms with Crippen LogP contribution in [0.15, 0.2) is 47.0 Å². The molecule has 2 fully saturated rings. The number of benzene rings is 2. The highest BCUT2D eigenvalue weighted by Gasteiger charge is 2.27. The fourth-order valence-corrected chi connectivity index (χ4v) is 5.91. The number of nitrogens with zero attached hydrogens (tertiary/aromatic N) is 2. The lowest BCUT2D eigenvalue weighted by atomic mass is 9.83. The van der Waals surface area contributed by atoms with Crippen LogP contribution in [0.1, 0.15) is 87.7 Å². The van der Waals surface area contributed by atoms with E-state index in [9.17, 15) is 9.18 Å². The van der Waals surface area contributed by atoms with Crippen molar-refractivity contribution in [2.24, 2.45) is 5.92 Å². The summed E-state index contributed by atoms with van der Waals surface area (Å²) in [6.07, 6.45) is 7.75. The summed E-state index contributed by atoms with van der Waals surface area (Å²) >= 11 is 0. The van der Waals surface area contributed by atoms with E-state index in [1.165, 1.54) is 31.4 Å². The number of nitrogens with one attached hydrogen (secondary N) is 1. The van der Waals surface area contributed by atoms with E-state index in [0.717, 1.165) is 68.1 Å². The van der Waals surface area contributed by atoms with E-state index in [2.05, 4.69) is 15.4 Å². The number of amides is 1. The molecule has 1 N–H and O–H groups in total. The monoisotopic (exact) mass is 521 g/mol. The first-order chi connectivity index (χ1) is 18.2. The number of likely N-dealkylation sites (tertiary alicyclic amines) is 1. The second-order valence-corrected chi connectivity index (χ2v) is 12.0. The summed E-state index contributed by atoms with van der Waals surface area (Å²) in [5.41, 5.74) is 1.95. The normalized spacial score (nSPS) is 21.5. The van der Waals surface area contributed by atoms with Crippen molar-refractivity contribution >= 4 is 16.9 Å². The van der Waals surface area contributed by atoms with Gasteiger partial charge in [-0.25, -0.2) is 4.39 Å². The van der Waals surface area contributed by atoms with Gasteiger partial charge in [0.15, 0.2) is 5.58 Å². The highest BCUT2D eigenvalue weighted by Crippen LogP contribution is 2.34. The van der Waals surface area contributed by atoms with Gasteiger partial charge in [-0.15, -0.1) is 0 Å². The van der Waals surface area contributed by atoms with Gasteiger partial charge in [0.25, 0.3) is 5.91 Å². The van der Waals surface area contributed by atoms with Gasteiger partial charge in [0, 0.05) is 29.0 Å². The van der Waals surface area contributed by atoms with Crippen LogP contribution >= 0.6 is 0 Å². The fraction of sp³-hybridized carbons (Fsp3) is 0.548. The molecule has 2 aromatic carbocycles. The van der Waals surface area contributed by atoms with Gasteiger partial charge in [-0.1, -0.05) is 5.16 Å². The van der Waals surface area contributed by atoms with Gasteiger partial charge in [-0.3, -0.25) is 4.79 Å². The molecule has 0 atom stereocenters. The van der Waals surface area contributed by atoms with Gasteiger partial charge in [-0.05, 0) is 128 Å². The molecule has 204 valence electrons. The van der Waals surface area contributed by atoms with Crippen molar-refractivity contribution in [2.45, 2.75) is 83.3 Å². The summed E-state index contributed by atoms with van der Waals surface area (Å²) in [5, 5.41) is 8.46. The standard InChI is InChI=1S/C31H40FN3O3/c1-31(2,3)37-26-11-6-23(7-12-26)30(36)33-25-9-4-21(5-10-25)14-17-35-18-15-22(16-19-35)29-27-13-8-24(32)20-28(27)38-34-29/h6-8,11-13,20-22,25H,4-5,9-10,14-19H2,1-3H3,(H,33,36). The Kier molecular flexibility index (Phi) is 8.03. The Balaban J connectivity index is 1.01. The van der Waals surface area contributed by atoms with Gasteiger partial charge >= 0.3 is 0 Å². The molecule has 1 amide bonds. The first-order valence-electron chi connectivity index (χ1n) is 14.1. The molecular formula is C31H40FN3O3. The minimum Gasteiger partial charge on any atom is -0.488 e. The summed E-state index contributed by atoms with van der Waals surface area (Å²) in [6, 6.07) is 12.4. The maximum absolute atomic E-state index is 13.5. The average Bonchev–Trinajstić information content (AvgIpc) is 3.31. The number of carbonyl (C=O) groups is 1. The molecule has 1 saturated heterocycles. The Labute approximate surface area is 224 Å². The van der Waals surface area contributed by atoms with Crippen molar-refractivity contribution < 1.29 is 18.4 Å². The average molecular weight is 522 g/mol. The van der Waals surface area contributed by atoms with Crippen molar-refractivity contribution in [1.82, 2.24) is 15.4 Å². The molecule has 1 saturated carbocycles. The molecule has 2 heterocycles. The van der Waals surface area contributed by atoms with Crippen molar-refractivity contribution in [2.75, 3.05) is 19.6 Å². The van der Waals surface area contributed by atoms with Crippen molar-refractivity contribution in [3.63, 3.8) is 0 Å². The first-order valence-corrected chi connectivity index (χ1v) is 14.1. The van der Waals surface area contributed by atoms with Crippen LogP contribution in [0, 0.1) is 11.7 Å². The Morgan fingerprint density at radius 3 is 2.45 bits per heavy atom. The van der Waals surface area contributed by atoms with E-state index in [1.54, 1.807) is 6.07 Å². The molecule has 0 radical (unpaired) electrons. The molecule has 5 rings (SSSR count). The zero-order valence-electron chi connectivity index (χ0n) is 22.8. The third-order valence-corrected chi connectivity index (χ3v) is 8.01. The largest absolute Gasteiger partial charge is 0.488 e. The van der Waals surface area contributed by atoms with E-state index in [0.29, 0.717) is 17.1 Å². The second kappa shape index (κ2) is 11.4. The molecule has 0 unspecified atom stereocenters. The number of halogens is 1. The van der Waals surface area contributed by atoms with E-state index in [4.69, 9.17) is 9.26 Å². The molecule has 7 heteroatoms. The molecule has 38 heavy (non-hydrogen) atoms. The molecule has 0 bridgehead atoms. The summed E-state index contributed by atoms with van der Waals surface area (Å²) in [7, 11) is 0. The third kappa shape index (κ3) is 6.73.